The van der Waals surface area contributed by atoms with E-state index in [9.17, 15) is 23.5 Å². The fourth-order valence-electron chi connectivity index (χ4n) is 4.69. The van der Waals surface area contributed by atoms with Crippen molar-refractivity contribution in [3.8, 4) is 5.75 Å². The van der Waals surface area contributed by atoms with Gasteiger partial charge in [0.25, 0.3) is 5.91 Å². The predicted octanol–water partition coefficient (Wildman–Crippen LogP) is 5.49. The maximum absolute atomic E-state index is 14.1. The molecule has 0 aliphatic heterocycles. The number of pyridine rings is 1. The highest BCUT2D eigenvalue weighted by Crippen LogP contribution is 2.28. The van der Waals surface area contributed by atoms with Crippen LogP contribution >= 0.6 is 0 Å². The number of ether oxygens (including phenoxy) is 1. The predicted molar refractivity (Wildman–Crippen MR) is 136 cm³/mol. The Balaban J connectivity index is 1.81. The number of aromatic nitrogens is 2. The lowest BCUT2D eigenvalue weighted by Crippen LogP contribution is -2.57. The summed E-state index contributed by atoms with van der Waals surface area (Å²) in [5, 5.41) is 12.6. The molecule has 2 heterocycles. The van der Waals surface area contributed by atoms with Crippen LogP contribution in [0.15, 0.2) is 30.5 Å². The van der Waals surface area contributed by atoms with Crippen LogP contribution in [-0.4, -0.2) is 49.0 Å². The summed E-state index contributed by atoms with van der Waals surface area (Å²) in [4.78, 5) is 30.9. The fourth-order valence-corrected chi connectivity index (χ4v) is 4.69. The molecule has 0 aliphatic carbocycles. The van der Waals surface area contributed by atoms with E-state index in [1.54, 1.807) is 23.6 Å². The van der Waals surface area contributed by atoms with Crippen LogP contribution in [0.3, 0.4) is 0 Å². The zero-order valence-corrected chi connectivity index (χ0v) is 22.3. The van der Waals surface area contributed by atoms with Crippen molar-refractivity contribution in [3.63, 3.8) is 0 Å². The summed E-state index contributed by atoms with van der Waals surface area (Å²) < 4.78 is 35.4. The number of carboxylic acid groups (broad SMARTS) is 1. The van der Waals surface area contributed by atoms with Crippen LogP contribution in [-0.2, 0) is 6.61 Å². The molecule has 200 valence electrons. The molecule has 0 saturated carbocycles. The zero-order chi connectivity index (χ0) is 27.7. The molecule has 0 aliphatic rings. The lowest BCUT2D eigenvalue weighted by atomic mass is 9.92. The number of aryl methyl sites for hydroxylation is 2. The van der Waals surface area contributed by atoms with Crippen molar-refractivity contribution in [2.24, 2.45) is 0 Å². The van der Waals surface area contributed by atoms with Gasteiger partial charge in [-0.1, -0.05) is 6.07 Å². The number of rotatable bonds is 8. The molecule has 3 aromatic rings. The van der Waals surface area contributed by atoms with Crippen molar-refractivity contribution in [3.05, 3.63) is 64.6 Å². The van der Waals surface area contributed by atoms with E-state index in [0.29, 0.717) is 23.5 Å². The van der Waals surface area contributed by atoms with Gasteiger partial charge < -0.3 is 15.2 Å². The molecule has 8 nitrogen and oxygen atoms in total. The van der Waals surface area contributed by atoms with Crippen LogP contribution < -0.4 is 10.1 Å². The minimum Gasteiger partial charge on any atom is -0.485 e. The molecular formula is C27H34F2N4O4. The molecule has 0 saturated heterocycles. The van der Waals surface area contributed by atoms with Gasteiger partial charge >= 0.3 is 6.09 Å². The lowest BCUT2D eigenvalue weighted by molar-refractivity contribution is 0.0294. The van der Waals surface area contributed by atoms with Crippen LogP contribution in [0.1, 0.15) is 68.3 Å². The topological polar surface area (TPSA) is 96.2 Å². The van der Waals surface area contributed by atoms with E-state index in [2.05, 4.69) is 10.3 Å². The molecule has 37 heavy (non-hydrogen) atoms. The molecule has 0 radical (unpaired) electrons. The SMILES string of the molecule is Cc1cc(OCc2c(F)cccc2F)c2nc(C)c(C(=O)NCCC(C)(C)N(C(=O)O)C(C)(C)C)n2c1. The van der Waals surface area contributed by atoms with E-state index < -0.39 is 28.8 Å². The molecule has 0 fully saturated rings. The molecule has 0 spiro atoms. The summed E-state index contributed by atoms with van der Waals surface area (Å²) in [7, 11) is 0. The number of amides is 2. The minimum atomic E-state index is -1.03. The smallest absolute Gasteiger partial charge is 0.408 e. The molecular weight excluding hydrogens is 482 g/mol. The Morgan fingerprint density at radius 3 is 2.32 bits per heavy atom. The fraction of sp³-hybridized carbons (Fsp3) is 0.444. The molecule has 0 unspecified atom stereocenters. The minimum absolute atomic E-state index is 0.198. The van der Waals surface area contributed by atoms with Crippen LogP contribution in [0, 0.1) is 25.5 Å². The van der Waals surface area contributed by atoms with Gasteiger partial charge in [0.05, 0.1) is 11.3 Å². The highest BCUT2D eigenvalue weighted by molar-refractivity contribution is 5.95. The number of carbonyl (C=O) groups is 2. The Morgan fingerprint density at radius 1 is 1.14 bits per heavy atom. The third-order valence-electron chi connectivity index (χ3n) is 6.14. The van der Waals surface area contributed by atoms with E-state index in [1.165, 1.54) is 11.0 Å². The summed E-state index contributed by atoms with van der Waals surface area (Å²) in [5.74, 6) is -1.51. The highest BCUT2D eigenvalue weighted by atomic mass is 19.1. The first-order valence-electron chi connectivity index (χ1n) is 12.0. The van der Waals surface area contributed by atoms with Gasteiger partial charge in [0, 0.05) is 23.8 Å². The number of hydrogen-bond donors (Lipinski definition) is 2. The second-order valence-corrected chi connectivity index (χ2v) is 10.7. The van der Waals surface area contributed by atoms with Gasteiger partial charge in [-0.15, -0.1) is 0 Å². The lowest BCUT2D eigenvalue weighted by Gasteiger charge is -2.45. The van der Waals surface area contributed by atoms with Gasteiger partial charge in [-0.3, -0.25) is 14.1 Å². The van der Waals surface area contributed by atoms with E-state index >= 15 is 0 Å². The average Bonchev–Trinajstić information content (AvgIpc) is 3.07. The first-order valence-corrected chi connectivity index (χ1v) is 12.0. The number of carbonyl (C=O) groups excluding carboxylic acids is 1. The van der Waals surface area contributed by atoms with Crippen molar-refractivity contribution >= 4 is 17.6 Å². The first kappa shape index (κ1) is 27.9. The maximum atomic E-state index is 14.1. The summed E-state index contributed by atoms with van der Waals surface area (Å²) in [6.07, 6.45) is 1.09. The van der Waals surface area contributed by atoms with E-state index in [1.807, 2.05) is 41.5 Å². The second kappa shape index (κ2) is 10.4. The van der Waals surface area contributed by atoms with Crippen molar-refractivity contribution in [2.45, 2.75) is 72.6 Å². The number of nitrogens with zero attached hydrogens (tertiary/aromatic N) is 3. The molecule has 3 rings (SSSR count). The van der Waals surface area contributed by atoms with E-state index in [4.69, 9.17) is 4.74 Å². The van der Waals surface area contributed by atoms with Crippen molar-refractivity contribution in [1.82, 2.24) is 19.6 Å². The maximum Gasteiger partial charge on any atom is 0.408 e. The first-order chi connectivity index (χ1) is 17.1. The van der Waals surface area contributed by atoms with Crippen LogP contribution in [0.25, 0.3) is 5.65 Å². The largest absolute Gasteiger partial charge is 0.485 e. The summed E-state index contributed by atoms with van der Waals surface area (Å²) in [5.41, 5.74) is 0.302. The number of nitrogens with one attached hydrogen (secondary N) is 1. The summed E-state index contributed by atoms with van der Waals surface area (Å²) in [6, 6.07) is 5.30. The molecule has 2 amide bonds. The number of imidazole rings is 1. The standard InChI is InChI=1S/C27H34F2N4O4/c1-16-13-21(37-15-18-19(28)9-8-10-20(18)29)23-31-17(2)22(32(23)14-16)24(34)30-12-11-27(6,7)33(25(35)36)26(3,4)5/h8-10,13-14H,11-12,15H2,1-7H3,(H,30,34)(H,35,36). The Labute approximate surface area is 215 Å². The number of hydrogen-bond acceptors (Lipinski definition) is 4. The van der Waals surface area contributed by atoms with Crippen molar-refractivity contribution in [1.29, 1.82) is 0 Å². The molecule has 0 bridgehead atoms. The number of halogens is 2. The third-order valence-corrected chi connectivity index (χ3v) is 6.14. The van der Waals surface area contributed by atoms with Gasteiger partial charge in [-0.25, -0.2) is 18.6 Å². The molecule has 2 aromatic heterocycles. The quantitative estimate of drug-likeness (QED) is 0.413. The summed E-state index contributed by atoms with van der Waals surface area (Å²) in [6.45, 7) is 12.5. The molecule has 1 aromatic carbocycles. The summed E-state index contributed by atoms with van der Waals surface area (Å²) >= 11 is 0. The molecule has 2 N–H and O–H groups in total. The van der Waals surface area contributed by atoms with Gasteiger partial charge in [0.2, 0.25) is 0 Å². The Bertz CT molecular complexity index is 1310. The number of benzene rings is 1. The average molecular weight is 517 g/mol. The Hall–Kier alpha value is -3.69. The number of fused-ring (bicyclic) bond motifs is 1. The van der Waals surface area contributed by atoms with Gasteiger partial charge in [-0.05, 0) is 78.6 Å². The Morgan fingerprint density at radius 2 is 1.76 bits per heavy atom. The third kappa shape index (κ3) is 6.00. The zero-order valence-electron chi connectivity index (χ0n) is 22.3. The monoisotopic (exact) mass is 516 g/mol. The van der Waals surface area contributed by atoms with E-state index in [0.717, 1.165) is 17.7 Å². The van der Waals surface area contributed by atoms with Crippen LogP contribution in [0.4, 0.5) is 13.6 Å². The highest BCUT2D eigenvalue weighted by Gasteiger charge is 2.38. The van der Waals surface area contributed by atoms with E-state index in [-0.39, 0.29) is 30.4 Å². The second-order valence-electron chi connectivity index (χ2n) is 10.7. The van der Waals surface area contributed by atoms with Gasteiger partial charge in [0.1, 0.15) is 23.9 Å². The molecule has 0 atom stereocenters. The van der Waals surface area contributed by atoms with Crippen LogP contribution in [0.2, 0.25) is 0 Å². The Kier molecular flexibility index (Phi) is 7.80. The normalized spacial score (nSPS) is 12.0. The van der Waals surface area contributed by atoms with Crippen LogP contribution in [0.5, 0.6) is 5.75 Å². The van der Waals surface area contributed by atoms with Gasteiger partial charge in [-0.2, -0.15) is 0 Å². The van der Waals surface area contributed by atoms with Crippen molar-refractivity contribution < 1.29 is 28.2 Å². The molecule has 10 heteroatoms. The van der Waals surface area contributed by atoms with Crippen molar-refractivity contribution in [2.75, 3.05) is 6.54 Å². The van der Waals surface area contributed by atoms with Gasteiger partial charge in [0.15, 0.2) is 11.4 Å².